The molecule has 0 aromatic heterocycles. The summed E-state index contributed by atoms with van der Waals surface area (Å²) in [6.45, 7) is -0.882. The normalized spacial score (nSPS) is 11.2. The maximum Gasteiger partial charge on any atom is 0.469 e. The lowest BCUT2D eigenvalue weighted by atomic mass is 10.1. The van der Waals surface area contributed by atoms with Gasteiger partial charge in [-0.25, -0.2) is 22.1 Å². The zero-order chi connectivity index (χ0) is 22.0. The van der Waals surface area contributed by atoms with Gasteiger partial charge in [0.2, 0.25) is 0 Å². The first kappa shape index (κ1) is 24.8. The topological polar surface area (TPSA) is 163 Å². The van der Waals surface area contributed by atoms with Gasteiger partial charge in [-0.1, -0.05) is 5.11 Å². The van der Waals surface area contributed by atoms with Crippen molar-refractivity contribution >= 4 is 19.4 Å². The van der Waals surface area contributed by atoms with E-state index in [0.29, 0.717) is 0 Å². The zero-order valence-electron chi connectivity index (χ0n) is 14.5. The third kappa shape index (κ3) is 7.95. The fourth-order valence-electron chi connectivity index (χ4n) is 1.81. The molecule has 1 amide bonds. The number of azide groups is 1. The monoisotopic (exact) mass is 446 g/mol. The molecule has 1 aromatic carbocycles. The number of ether oxygens (including phenoxy) is 2. The number of nitrogens with zero attached hydrogens (tertiary/aromatic N) is 3. The van der Waals surface area contributed by atoms with Crippen molar-refractivity contribution in [3.8, 4) is 0 Å². The molecule has 0 aliphatic carbocycles. The van der Waals surface area contributed by atoms with Crippen LogP contribution in [0.4, 0.5) is 23.2 Å². The predicted molar refractivity (Wildman–Crippen MR) is 87.0 cm³/mol. The number of hydrogen-bond acceptors (Lipinski definition) is 6. The molecule has 11 nitrogen and oxygen atoms in total. The maximum absolute atomic E-state index is 13.8. The molecular formula is C13H15F4N4O7P. The van der Waals surface area contributed by atoms with E-state index in [1.807, 2.05) is 10.2 Å². The Morgan fingerprint density at radius 1 is 1.00 bits per heavy atom. The Morgan fingerprint density at radius 2 is 1.52 bits per heavy atom. The van der Waals surface area contributed by atoms with Crippen molar-refractivity contribution in [2.75, 3.05) is 39.6 Å². The van der Waals surface area contributed by atoms with Crippen molar-refractivity contribution in [3.63, 3.8) is 0 Å². The summed E-state index contributed by atoms with van der Waals surface area (Å²) >= 11 is 0. The number of halogens is 4. The van der Waals surface area contributed by atoms with Gasteiger partial charge in [0.1, 0.15) is 11.3 Å². The lowest BCUT2D eigenvalue weighted by molar-refractivity contribution is 0.0328. The minimum Gasteiger partial charge on any atom is -0.377 e. The summed E-state index contributed by atoms with van der Waals surface area (Å²) in [5.41, 5.74) is 5.09. The van der Waals surface area contributed by atoms with Crippen LogP contribution in [0.2, 0.25) is 0 Å². The van der Waals surface area contributed by atoms with Gasteiger partial charge in [-0.15, -0.1) is 0 Å². The maximum atomic E-state index is 13.8. The van der Waals surface area contributed by atoms with Crippen LogP contribution in [0.3, 0.4) is 0 Å². The highest BCUT2D eigenvalue weighted by atomic mass is 31.2. The quantitative estimate of drug-likeness (QED) is 0.0841. The van der Waals surface area contributed by atoms with Gasteiger partial charge < -0.3 is 24.6 Å². The van der Waals surface area contributed by atoms with Crippen molar-refractivity contribution in [2.45, 2.75) is 0 Å². The second-order valence-corrected chi connectivity index (χ2v) is 6.21. The molecule has 16 heteroatoms. The molecule has 0 unspecified atom stereocenters. The minimum atomic E-state index is -4.56. The SMILES string of the molecule is [N-]=[N+]=Nc1c(F)c(F)c(C(=O)NCCOCCOCCOP(=O)(O)O)c(F)c1F. The molecule has 0 saturated carbocycles. The highest BCUT2D eigenvalue weighted by Crippen LogP contribution is 2.35. The minimum absolute atomic E-state index is 0.00137. The van der Waals surface area contributed by atoms with Crippen LogP contribution in [0.25, 0.3) is 10.4 Å². The number of nitrogens with one attached hydrogen (secondary N) is 1. The Bertz CT molecular complexity index is 803. The number of carbonyl (C=O) groups is 1. The molecule has 1 rings (SSSR count). The molecule has 0 radical (unpaired) electrons. The number of hydrogen-bond donors (Lipinski definition) is 3. The molecule has 0 aliphatic heterocycles. The number of rotatable bonds is 12. The van der Waals surface area contributed by atoms with Crippen molar-refractivity contribution in [2.24, 2.45) is 5.11 Å². The van der Waals surface area contributed by atoms with Crippen LogP contribution in [-0.2, 0) is 18.6 Å². The Kier molecular flexibility index (Phi) is 9.98. The highest BCUT2D eigenvalue weighted by molar-refractivity contribution is 7.46. The van der Waals surface area contributed by atoms with Crippen LogP contribution in [0, 0.1) is 23.3 Å². The highest BCUT2D eigenvalue weighted by Gasteiger charge is 2.28. The van der Waals surface area contributed by atoms with Gasteiger partial charge in [0.25, 0.3) is 5.91 Å². The zero-order valence-corrected chi connectivity index (χ0v) is 15.4. The number of amides is 1. The van der Waals surface area contributed by atoms with E-state index < -0.39 is 48.2 Å². The van der Waals surface area contributed by atoms with Crippen molar-refractivity contribution < 1.29 is 50.7 Å². The van der Waals surface area contributed by atoms with E-state index in [9.17, 15) is 26.9 Å². The second-order valence-electron chi connectivity index (χ2n) is 4.97. The third-order valence-corrected chi connectivity index (χ3v) is 3.52. The first-order chi connectivity index (χ1) is 13.6. The van der Waals surface area contributed by atoms with Crippen LogP contribution in [0.15, 0.2) is 5.11 Å². The second kappa shape index (κ2) is 11.7. The number of carbonyl (C=O) groups excluding carboxylic acids is 1. The van der Waals surface area contributed by atoms with Gasteiger partial charge in [0.05, 0.1) is 33.0 Å². The van der Waals surface area contributed by atoms with Gasteiger partial charge in [-0.05, 0) is 5.53 Å². The van der Waals surface area contributed by atoms with Crippen molar-refractivity contribution in [1.29, 1.82) is 0 Å². The van der Waals surface area contributed by atoms with Gasteiger partial charge in [-0.3, -0.25) is 9.32 Å². The van der Waals surface area contributed by atoms with Crippen LogP contribution in [-0.4, -0.2) is 55.3 Å². The summed E-state index contributed by atoms with van der Waals surface area (Å²) in [5, 5.41) is 4.49. The molecule has 0 atom stereocenters. The average molecular weight is 446 g/mol. The van der Waals surface area contributed by atoms with Gasteiger partial charge in [-0.2, -0.15) is 0 Å². The lowest BCUT2D eigenvalue weighted by Gasteiger charge is -2.10. The van der Waals surface area contributed by atoms with Crippen molar-refractivity contribution in [1.82, 2.24) is 5.32 Å². The summed E-state index contributed by atoms with van der Waals surface area (Å²) < 4.78 is 79.2. The first-order valence-corrected chi connectivity index (χ1v) is 9.18. The smallest absolute Gasteiger partial charge is 0.377 e. The molecule has 0 fully saturated rings. The van der Waals surface area contributed by atoms with E-state index in [1.54, 1.807) is 0 Å². The fourth-order valence-corrected chi connectivity index (χ4v) is 2.13. The van der Waals surface area contributed by atoms with Crippen LogP contribution < -0.4 is 5.32 Å². The molecule has 0 aliphatic rings. The van der Waals surface area contributed by atoms with Crippen LogP contribution >= 0.6 is 7.82 Å². The van der Waals surface area contributed by atoms with Crippen LogP contribution in [0.1, 0.15) is 10.4 Å². The summed E-state index contributed by atoms with van der Waals surface area (Å²) in [6.07, 6.45) is 0. The molecule has 29 heavy (non-hydrogen) atoms. The third-order valence-electron chi connectivity index (χ3n) is 3.00. The van der Waals surface area contributed by atoms with E-state index in [4.69, 9.17) is 24.8 Å². The number of phosphoric ester groups is 1. The summed E-state index contributed by atoms with van der Waals surface area (Å²) in [7, 11) is -4.56. The molecule has 0 bridgehead atoms. The molecule has 0 heterocycles. The molecule has 3 N–H and O–H groups in total. The van der Waals surface area contributed by atoms with E-state index in [2.05, 4.69) is 9.64 Å². The van der Waals surface area contributed by atoms with Crippen LogP contribution in [0.5, 0.6) is 0 Å². The lowest BCUT2D eigenvalue weighted by Crippen LogP contribution is -2.30. The van der Waals surface area contributed by atoms with Gasteiger partial charge >= 0.3 is 7.82 Å². The van der Waals surface area contributed by atoms with E-state index in [1.165, 1.54) is 0 Å². The van der Waals surface area contributed by atoms with Gasteiger partial charge in [0, 0.05) is 11.5 Å². The summed E-state index contributed by atoms with van der Waals surface area (Å²) in [4.78, 5) is 30.6. The fraction of sp³-hybridized carbons (Fsp3) is 0.462. The van der Waals surface area contributed by atoms with E-state index in [-0.39, 0.29) is 39.6 Å². The average Bonchev–Trinajstić information content (AvgIpc) is 2.64. The molecule has 1 aromatic rings. The summed E-state index contributed by atoms with van der Waals surface area (Å²) in [5.74, 6) is -9.52. The van der Waals surface area contributed by atoms with E-state index >= 15 is 0 Å². The molecule has 0 saturated heterocycles. The molecular weight excluding hydrogens is 431 g/mol. The van der Waals surface area contributed by atoms with E-state index in [0.717, 1.165) is 0 Å². The van der Waals surface area contributed by atoms with Crippen molar-refractivity contribution in [3.05, 3.63) is 39.3 Å². The van der Waals surface area contributed by atoms with Gasteiger partial charge in [0.15, 0.2) is 23.3 Å². The Balaban J connectivity index is 2.41. The number of benzene rings is 1. The summed E-state index contributed by atoms with van der Waals surface area (Å²) in [6, 6.07) is 0. The Morgan fingerprint density at radius 3 is 2.03 bits per heavy atom. The Hall–Kier alpha value is -2.25. The molecule has 0 spiro atoms. The first-order valence-electron chi connectivity index (χ1n) is 7.65. The largest absolute Gasteiger partial charge is 0.469 e. The Labute approximate surface area is 160 Å². The standard InChI is InChI=1S/C13H15F4N4O7P/c14-8-7(9(15)11(17)12(10(8)16)20-21-18)13(22)19-1-2-26-3-4-27-5-6-28-29(23,24)25/h1-6H2,(H,19,22)(H2,23,24,25). The predicted octanol–water partition coefficient (Wildman–Crippen LogP) is 2.06. The molecule has 162 valence electrons. The number of phosphoric acid groups is 1.